The van der Waals surface area contributed by atoms with Crippen molar-refractivity contribution in [3.8, 4) is 0 Å². The van der Waals surface area contributed by atoms with Crippen molar-refractivity contribution in [2.24, 2.45) is 0 Å². The van der Waals surface area contributed by atoms with Crippen molar-refractivity contribution < 1.29 is 4.79 Å². The lowest BCUT2D eigenvalue weighted by Crippen LogP contribution is -2.40. The summed E-state index contributed by atoms with van der Waals surface area (Å²) in [5, 5.41) is 0. The highest BCUT2D eigenvalue weighted by molar-refractivity contribution is 5.99. The molecule has 0 aliphatic carbocycles. The molecule has 3 rings (SSSR count). The molecule has 1 unspecified atom stereocenters. The molecule has 0 spiro atoms. The molecule has 0 radical (unpaired) electrons. The van der Waals surface area contributed by atoms with Crippen LogP contribution in [0.5, 0.6) is 0 Å². The smallest absolute Gasteiger partial charge is 0.227 e. The first kappa shape index (κ1) is 8.96. The van der Waals surface area contributed by atoms with E-state index in [9.17, 15) is 4.79 Å². The van der Waals surface area contributed by atoms with Gasteiger partial charge < -0.3 is 4.90 Å². The average Bonchev–Trinajstić information content (AvgIpc) is 2.60. The van der Waals surface area contributed by atoms with Crippen LogP contribution < -0.4 is 4.90 Å². The van der Waals surface area contributed by atoms with Crippen LogP contribution in [-0.4, -0.2) is 11.4 Å². The average molecular weight is 201 g/mol. The Morgan fingerprint density at radius 1 is 1.40 bits per heavy atom. The summed E-state index contributed by atoms with van der Waals surface area (Å²) in [6.45, 7) is 4.31. The summed E-state index contributed by atoms with van der Waals surface area (Å²) in [4.78, 5) is 13.9. The normalized spacial score (nSPS) is 28.1. The summed E-state index contributed by atoms with van der Waals surface area (Å²) < 4.78 is 0. The minimum absolute atomic E-state index is 0.0627. The number of hydrogen-bond acceptors (Lipinski definition) is 1. The first-order chi connectivity index (χ1) is 7.10. The number of nitrogens with zero attached hydrogens (tertiary/aromatic N) is 1. The van der Waals surface area contributed by atoms with Gasteiger partial charge in [-0.2, -0.15) is 0 Å². The predicted octanol–water partition coefficient (Wildman–Crippen LogP) is 2.44. The first-order valence-electron chi connectivity index (χ1n) is 5.53. The number of anilines is 1. The van der Waals surface area contributed by atoms with E-state index < -0.39 is 0 Å². The Bertz CT molecular complexity index is 452. The SMILES string of the molecule is Cc1ccc2c(c1)CC1(C)CCC(=O)N21. The lowest BCUT2D eigenvalue weighted by atomic mass is 9.94. The zero-order chi connectivity index (χ0) is 10.6. The van der Waals surface area contributed by atoms with Crippen LogP contribution in [0, 0.1) is 6.92 Å². The molecule has 0 bridgehead atoms. The van der Waals surface area contributed by atoms with E-state index in [1.54, 1.807) is 0 Å². The third kappa shape index (κ3) is 1.08. The Hall–Kier alpha value is -1.31. The second-order valence-corrected chi connectivity index (χ2v) is 5.04. The number of fused-ring (bicyclic) bond motifs is 3. The third-order valence-electron chi connectivity index (χ3n) is 3.71. The van der Waals surface area contributed by atoms with E-state index in [1.165, 1.54) is 11.1 Å². The molecule has 1 saturated heterocycles. The monoisotopic (exact) mass is 201 g/mol. The molecule has 78 valence electrons. The molecular formula is C13H15NO. The van der Waals surface area contributed by atoms with E-state index in [2.05, 4.69) is 32.0 Å². The van der Waals surface area contributed by atoms with E-state index in [4.69, 9.17) is 0 Å². The number of amides is 1. The zero-order valence-electron chi connectivity index (χ0n) is 9.21. The maximum Gasteiger partial charge on any atom is 0.227 e. The number of carbonyl (C=O) groups is 1. The summed E-state index contributed by atoms with van der Waals surface area (Å²) >= 11 is 0. The van der Waals surface area contributed by atoms with Gasteiger partial charge in [-0.15, -0.1) is 0 Å². The number of benzene rings is 1. The van der Waals surface area contributed by atoms with Crippen LogP contribution in [0.15, 0.2) is 18.2 Å². The zero-order valence-corrected chi connectivity index (χ0v) is 9.21. The van der Waals surface area contributed by atoms with Gasteiger partial charge in [0.15, 0.2) is 0 Å². The van der Waals surface area contributed by atoms with Crippen molar-refractivity contribution in [2.75, 3.05) is 4.90 Å². The summed E-state index contributed by atoms with van der Waals surface area (Å²) in [6.07, 6.45) is 2.74. The first-order valence-corrected chi connectivity index (χ1v) is 5.53. The molecule has 0 aromatic heterocycles. The number of hydrogen-bond donors (Lipinski definition) is 0. The van der Waals surface area contributed by atoms with Crippen LogP contribution in [0.1, 0.15) is 30.9 Å². The quantitative estimate of drug-likeness (QED) is 0.631. The highest BCUT2D eigenvalue weighted by Crippen LogP contribution is 2.45. The Balaban J connectivity index is 2.16. The van der Waals surface area contributed by atoms with Gasteiger partial charge in [-0.05, 0) is 38.3 Å². The number of rotatable bonds is 0. The lowest BCUT2D eigenvalue weighted by molar-refractivity contribution is -0.117. The fourth-order valence-corrected chi connectivity index (χ4v) is 2.98. The third-order valence-corrected chi connectivity index (χ3v) is 3.71. The number of aryl methyl sites for hydroxylation is 1. The van der Waals surface area contributed by atoms with Gasteiger partial charge in [0, 0.05) is 17.6 Å². The van der Waals surface area contributed by atoms with E-state index >= 15 is 0 Å². The minimum Gasteiger partial charge on any atom is -0.306 e. The van der Waals surface area contributed by atoms with Crippen molar-refractivity contribution in [1.82, 2.24) is 0 Å². The fraction of sp³-hybridized carbons (Fsp3) is 0.462. The summed E-state index contributed by atoms with van der Waals surface area (Å²) in [6, 6.07) is 6.40. The molecule has 2 aliphatic heterocycles. The van der Waals surface area contributed by atoms with Crippen molar-refractivity contribution in [3.63, 3.8) is 0 Å². The predicted molar refractivity (Wildman–Crippen MR) is 60.0 cm³/mol. The highest BCUT2D eigenvalue weighted by Gasteiger charge is 2.47. The second kappa shape index (κ2) is 2.63. The topological polar surface area (TPSA) is 20.3 Å². The van der Waals surface area contributed by atoms with Gasteiger partial charge in [-0.3, -0.25) is 4.79 Å². The van der Waals surface area contributed by atoms with Crippen LogP contribution in [0.3, 0.4) is 0 Å². The number of carbonyl (C=O) groups excluding carboxylic acids is 1. The van der Waals surface area contributed by atoms with Crippen LogP contribution >= 0.6 is 0 Å². The van der Waals surface area contributed by atoms with E-state index in [-0.39, 0.29) is 5.54 Å². The molecule has 1 aromatic carbocycles. The van der Waals surface area contributed by atoms with Crippen LogP contribution in [-0.2, 0) is 11.2 Å². The second-order valence-electron chi connectivity index (χ2n) is 5.04. The van der Waals surface area contributed by atoms with Crippen LogP contribution in [0.25, 0.3) is 0 Å². The largest absolute Gasteiger partial charge is 0.306 e. The molecule has 1 aromatic rings. The van der Waals surface area contributed by atoms with Gasteiger partial charge in [0.1, 0.15) is 0 Å². The summed E-state index contributed by atoms with van der Waals surface area (Å²) in [5.74, 6) is 0.292. The maximum absolute atomic E-state index is 11.8. The minimum atomic E-state index is 0.0627. The molecule has 2 heterocycles. The maximum atomic E-state index is 11.8. The molecule has 0 saturated carbocycles. The van der Waals surface area contributed by atoms with E-state index in [0.717, 1.165) is 18.5 Å². The van der Waals surface area contributed by atoms with E-state index in [0.29, 0.717) is 12.3 Å². The Labute approximate surface area is 89.9 Å². The molecule has 1 amide bonds. The molecule has 2 heteroatoms. The summed E-state index contributed by atoms with van der Waals surface area (Å²) in [5.41, 5.74) is 3.83. The van der Waals surface area contributed by atoms with Gasteiger partial charge in [0.25, 0.3) is 0 Å². The molecular weight excluding hydrogens is 186 g/mol. The van der Waals surface area contributed by atoms with E-state index in [1.807, 2.05) is 4.90 Å². The molecule has 15 heavy (non-hydrogen) atoms. The summed E-state index contributed by atoms with van der Waals surface area (Å²) in [7, 11) is 0. The van der Waals surface area contributed by atoms with Gasteiger partial charge >= 0.3 is 0 Å². The standard InChI is InChI=1S/C13H15NO/c1-9-3-4-11-10(7-9)8-13(2)6-5-12(15)14(11)13/h3-4,7H,5-6,8H2,1-2H3. The van der Waals surface area contributed by atoms with Gasteiger partial charge in [-0.1, -0.05) is 17.7 Å². The van der Waals surface area contributed by atoms with Gasteiger partial charge in [-0.25, -0.2) is 0 Å². The van der Waals surface area contributed by atoms with Crippen LogP contribution in [0.4, 0.5) is 5.69 Å². The molecule has 1 fully saturated rings. The fourth-order valence-electron chi connectivity index (χ4n) is 2.98. The molecule has 2 nitrogen and oxygen atoms in total. The molecule has 0 N–H and O–H groups in total. The van der Waals surface area contributed by atoms with Crippen molar-refractivity contribution in [1.29, 1.82) is 0 Å². The molecule has 2 aliphatic rings. The molecule has 1 atom stereocenters. The van der Waals surface area contributed by atoms with Gasteiger partial charge in [0.05, 0.1) is 0 Å². The van der Waals surface area contributed by atoms with Gasteiger partial charge in [0.2, 0.25) is 5.91 Å². The van der Waals surface area contributed by atoms with Crippen molar-refractivity contribution in [3.05, 3.63) is 29.3 Å². The lowest BCUT2D eigenvalue weighted by Gasteiger charge is -2.27. The highest BCUT2D eigenvalue weighted by atomic mass is 16.2. The Morgan fingerprint density at radius 3 is 3.00 bits per heavy atom. The van der Waals surface area contributed by atoms with Crippen LogP contribution in [0.2, 0.25) is 0 Å². The Kier molecular flexibility index (Phi) is 1.57. The van der Waals surface area contributed by atoms with Crippen molar-refractivity contribution in [2.45, 2.75) is 38.6 Å². The van der Waals surface area contributed by atoms with Crippen molar-refractivity contribution >= 4 is 11.6 Å². The Morgan fingerprint density at radius 2 is 2.20 bits per heavy atom.